The summed E-state index contributed by atoms with van der Waals surface area (Å²) in [6.45, 7) is 0. The fourth-order valence-electron chi connectivity index (χ4n) is 1.21. The van der Waals surface area contributed by atoms with Crippen molar-refractivity contribution in [2.24, 2.45) is 0 Å². The van der Waals surface area contributed by atoms with Crippen molar-refractivity contribution < 1.29 is 18.7 Å². The molecular weight excluding hydrogens is 226 g/mol. The Hall–Kier alpha value is -1.16. The van der Waals surface area contributed by atoms with Gasteiger partial charge in [-0.2, -0.15) is 0 Å². The van der Waals surface area contributed by atoms with E-state index in [1.807, 2.05) is 0 Å². The van der Waals surface area contributed by atoms with E-state index >= 15 is 0 Å². The number of carboxylic acids is 1. The summed E-state index contributed by atoms with van der Waals surface area (Å²) in [6, 6.07) is 2.20. The quantitative estimate of drug-likeness (QED) is 0.813. The number of hydrogen-bond donors (Lipinski definition) is 1. The van der Waals surface area contributed by atoms with Crippen molar-refractivity contribution in [3.8, 4) is 0 Å². The number of hydrogen-bond acceptors (Lipinski definition) is 1. The van der Waals surface area contributed by atoms with Crippen LogP contribution >= 0.6 is 11.6 Å². The Bertz CT molecular complexity index is 380. The molecule has 0 amide bonds. The molecule has 0 spiro atoms. The molecule has 0 unspecified atom stereocenters. The fourth-order valence-corrected chi connectivity index (χ4v) is 1.39. The van der Waals surface area contributed by atoms with Gasteiger partial charge in [-0.05, 0) is 25.0 Å². The van der Waals surface area contributed by atoms with Crippen LogP contribution in [0.2, 0.25) is 5.02 Å². The van der Waals surface area contributed by atoms with Crippen LogP contribution in [0.1, 0.15) is 18.4 Å². The average Bonchev–Trinajstić information content (AvgIpc) is 2.17. The lowest BCUT2D eigenvalue weighted by molar-refractivity contribution is -0.137. The van der Waals surface area contributed by atoms with Gasteiger partial charge in [0.2, 0.25) is 0 Å². The molecule has 0 saturated carbocycles. The molecule has 0 radical (unpaired) electrons. The van der Waals surface area contributed by atoms with Crippen molar-refractivity contribution in [3.63, 3.8) is 0 Å². The van der Waals surface area contributed by atoms with E-state index in [-0.39, 0.29) is 29.8 Å². The minimum atomic E-state index is -0.988. The van der Waals surface area contributed by atoms with Gasteiger partial charge >= 0.3 is 5.97 Å². The Morgan fingerprint density at radius 3 is 2.67 bits per heavy atom. The lowest BCUT2D eigenvalue weighted by atomic mass is 10.1. The predicted octanol–water partition coefficient (Wildman–Crippen LogP) is 3.03. The van der Waals surface area contributed by atoms with Gasteiger partial charge in [-0.1, -0.05) is 11.6 Å². The maximum atomic E-state index is 13.3. The zero-order chi connectivity index (χ0) is 11.4. The van der Waals surface area contributed by atoms with Gasteiger partial charge in [-0.25, -0.2) is 8.78 Å². The predicted molar refractivity (Wildman–Crippen MR) is 51.9 cm³/mol. The molecular formula is C10H9ClF2O2. The molecule has 1 aromatic carbocycles. The normalized spacial score (nSPS) is 10.3. The molecule has 0 aromatic heterocycles. The molecule has 0 aliphatic carbocycles. The summed E-state index contributed by atoms with van der Waals surface area (Å²) >= 11 is 5.47. The number of rotatable bonds is 4. The van der Waals surface area contributed by atoms with Crippen LogP contribution in [0.15, 0.2) is 12.1 Å². The second-order valence-corrected chi connectivity index (χ2v) is 3.48. The van der Waals surface area contributed by atoms with E-state index in [9.17, 15) is 13.6 Å². The molecule has 1 aromatic rings. The smallest absolute Gasteiger partial charge is 0.303 e. The topological polar surface area (TPSA) is 37.3 Å². The van der Waals surface area contributed by atoms with Crippen molar-refractivity contribution in [3.05, 3.63) is 34.4 Å². The average molecular weight is 235 g/mol. The Labute approximate surface area is 90.5 Å². The maximum absolute atomic E-state index is 13.3. The summed E-state index contributed by atoms with van der Waals surface area (Å²) in [7, 11) is 0. The van der Waals surface area contributed by atoms with E-state index in [0.717, 1.165) is 12.1 Å². The number of halogens is 3. The number of benzene rings is 1. The van der Waals surface area contributed by atoms with E-state index < -0.39 is 17.6 Å². The number of carbonyl (C=O) groups is 1. The first-order valence-corrected chi connectivity index (χ1v) is 4.74. The van der Waals surface area contributed by atoms with Crippen LogP contribution in [0.25, 0.3) is 0 Å². The van der Waals surface area contributed by atoms with Crippen LogP contribution in [0, 0.1) is 11.6 Å². The second kappa shape index (κ2) is 5.07. The largest absolute Gasteiger partial charge is 0.481 e. The van der Waals surface area contributed by atoms with Crippen LogP contribution < -0.4 is 0 Å². The Morgan fingerprint density at radius 1 is 1.40 bits per heavy atom. The lowest BCUT2D eigenvalue weighted by Crippen LogP contribution is -2.00. The maximum Gasteiger partial charge on any atom is 0.303 e. The van der Waals surface area contributed by atoms with Crippen LogP contribution in [-0.4, -0.2) is 11.1 Å². The highest BCUT2D eigenvalue weighted by Crippen LogP contribution is 2.22. The standard InChI is InChI=1S/C10H9ClF2O2/c11-7-4-5-8(12)6(10(7)13)2-1-3-9(14)15/h4-5H,1-3H2,(H,14,15). The van der Waals surface area contributed by atoms with Gasteiger partial charge in [0.25, 0.3) is 0 Å². The third-order valence-corrected chi connectivity index (χ3v) is 2.25. The molecule has 1 N–H and O–H groups in total. The van der Waals surface area contributed by atoms with Gasteiger partial charge < -0.3 is 5.11 Å². The van der Waals surface area contributed by atoms with Crippen molar-refractivity contribution in [2.75, 3.05) is 0 Å². The van der Waals surface area contributed by atoms with Crippen LogP contribution in [0.3, 0.4) is 0 Å². The zero-order valence-corrected chi connectivity index (χ0v) is 8.52. The SMILES string of the molecule is O=C(O)CCCc1c(F)ccc(Cl)c1F. The molecule has 1 rings (SSSR count). The summed E-state index contributed by atoms with van der Waals surface area (Å²) in [4.78, 5) is 10.2. The van der Waals surface area contributed by atoms with Crippen molar-refractivity contribution in [2.45, 2.75) is 19.3 Å². The summed E-state index contributed by atoms with van der Waals surface area (Å²) < 4.78 is 26.4. The summed E-state index contributed by atoms with van der Waals surface area (Å²) in [5.41, 5.74) is -0.149. The van der Waals surface area contributed by atoms with Crippen molar-refractivity contribution >= 4 is 17.6 Å². The van der Waals surface area contributed by atoms with Gasteiger partial charge in [0.15, 0.2) is 0 Å². The summed E-state index contributed by atoms with van der Waals surface area (Å²) in [5.74, 6) is -2.48. The monoisotopic (exact) mass is 234 g/mol. The molecule has 82 valence electrons. The Balaban J connectivity index is 2.75. The third-order valence-electron chi connectivity index (χ3n) is 1.96. The zero-order valence-electron chi connectivity index (χ0n) is 7.77. The van der Waals surface area contributed by atoms with Gasteiger partial charge in [-0.3, -0.25) is 4.79 Å². The summed E-state index contributed by atoms with van der Waals surface area (Å²) in [6.07, 6.45) is 0.0967. The molecule has 0 saturated heterocycles. The van der Waals surface area contributed by atoms with E-state index in [2.05, 4.69) is 0 Å². The molecule has 2 nitrogen and oxygen atoms in total. The highest BCUT2D eigenvalue weighted by Gasteiger charge is 2.12. The van der Waals surface area contributed by atoms with E-state index in [1.54, 1.807) is 0 Å². The highest BCUT2D eigenvalue weighted by molar-refractivity contribution is 6.30. The van der Waals surface area contributed by atoms with Crippen LogP contribution in [-0.2, 0) is 11.2 Å². The number of carboxylic acid groups (broad SMARTS) is 1. The molecule has 0 bridgehead atoms. The summed E-state index contributed by atoms with van der Waals surface area (Å²) in [5, 5.41) is 8.22. The first-order valence-electron chi connectivity index (χ1n) is 4.36. The van der Waals surface area contributed by atoms with E-state index in [4.69, 9.17) is 16.7 Å². The molecule has 5 heteroatoms. The number of aliphatic carboxylic acids is 1. The minimum Gasteiger partial charge on any atom is -0.481 e. The molecule has 0 atom stereocenters. The first-order chi connectivity index (χ1) is 7.02. The molecule has 0 aliphatic rings. The third kappa shape index (κ3) is 3.16. The molecule has 0 aliphatic heterocycles. The molecule has 0 heterocycles. The van der Waals surface area contributed by atoms with E-state index in [1.165, 1.54) is 0 Å². The van der Waals surface area contributed by atoms with E-state index in [0.29, 0.717) is 0 Å². The Morgan fingerprint density at radius 2 is 2.07 bits per heavy atom. The lowest BCUT2D eigenvalue weighted by Gasteiger charge is -2.04. The van der Waals surface area contributed by atoms with Gasteiger partial charge in [0, 0.05) is 12.0 Å². The highest BCUT2D eigenvalue weighted by atomic mass is 35.5. The second-order valence-electron chi connectivity index (χ2n) is 3.07. The van der Waals surface area contributed by atoms with Crippen molar-refractivity contribution in [1.29, 1.82) is 0 Å². The Kier molecular flexibility index (Phi) is 4.03. The van der Waals surface area contributed by atoms with Gasteiger partial charge in [0.1, 0.15) is 11.6 Å². The molecule has 15 heavy (non-hydrogen) atoms. The van der Waals surface area contributed by atoms with Gasteiger partial charge in [0.05, 0.1) is 5.02 Å². The minimum absolute atomic E-state index is 0.0323. The fraction of sp³-hybridized carbons (Fsp3) is 0.300. The van der Waals surface area contributed by atoms with Crippen LogP contribution in [0.5, 0.6) is 0 Å². The first kappa shape index (κ1) is 11.9. The van der Waals surface area contributed by atoms with Crippen molar-refractivity contribution in [1.82, 2.24) is 0 Å². The van der Waals surface area contributed by atoms with Crippen LogP contribution in [0.4, 0.5) is 8.78 Å². The van der Waals surface area contributed by atoms with Gasteiger partial charge in [-0.15, -0.1) is 0 Å². The molecule has 0 fully saturated rings.